The SMILES string of the molecule is C[C@H]1CCCCC=CCCCC[C@@H](C(=O)C(N)=O)CC(=O)[C@@H]2[C@H]3CC(C)(C)OC3CN2C1=O. The van der Waals surface area contributed by atoms with E-state index in [1.54, 1.807) is 4.90 Å². The molecule has 0 saturated carbocycles. The number of fused-ring (bicyclic) bond motifs is 3. The van der Waals surface area contributed by atoms with Gasteiger partial charge in [0.2, 0.25) is 11.7 Å². The molecule has 2 N–H and O–H groups in total. The maximum Gasteiger partial charge on any atom is 0.285 e. The average Bonchev–Trinajstić information content (AvgIpc) is 3.23. The summed E-state index contributed by atoms with van der Waals surface area (Å²) in [6.45, 7) is 6.37. The fourth-order valence-corrected chi connectivity index (χ4v) is 5.81. The fraction of sp³-hybridized carbons (Fsp3) is 0.769. The molecule has 0 bridgehead atoms. The lowest BCUT2D eigenvalue weighted by atomic mass is 9.83. The highest BCUT2D eigenvalue weighted by Crippen LogP contribution is 2.44. The molecule has 0 aromatic carbocycles. The molecule has 0 aromatic rings. The largest absolute Gasteiger partial charge is 0.370 e. The minimum atomic E-state index is -0.991. The number of allylic oxidation sites excluding steroid dienone is 2. The third-order valence-electron chi connectivity index (χ3n) is 7.49. The molecule has 0 spiro atoms. The Bertz CT molecular complexity index is 790. The van der Waals surface area contributed by atoms with E-state index in [0.717, 1.165) is 44.9 Å². The van der Waals surface area contributed by atoms with E-state index in [9.17, 15) is 19.2 Å². The van der Waals surface area contributed by atoms with Crippen LogP contribution in [0.1, 0.15) is 85.0 Å². The topological polar surface area (TPSA) is 107 Å². The highest BCUT2D eigenvalue weighted by Gasteiger charge is 2.55. The Morgan fingerprint density at radius 2 is 1.70 bits per heavy atom. The summed E-state index contributed by atoms with van der Waals surface area (Å²) >= 11 is 0. The lowest BCUT2D eigenvalue weighted by Crippen LogP contribution is -2.47. The smallest absolute Gasteiger partial charge is 0.285 e. The number of Topliss-reactive ketones (excluding diaryl/α,β-unsaturated/α-hetero) is 2. The normalized spacial score (nSPS) is 33.9. The van der Waals surface area contributed by atoms with E-state index in [4.69, 9.17) is 10.5 Å². The molecule has 7 nitrogen and oxygen atoms in total. The molecule has 3 rings (SSSR count). The third-order valence-corrected chi connectivity index (χ3v) is 7.49. The van der Waals surface area contributed by atoms with Gasteiger partial charge in [0.25, 0.3) is 5.91 Å². The van der Waals surface area contributed by atoms with Crippen molar-refractivity contribution in [2.75, 3.05) is 6.54 Å². The Balaban J connectivity index is 1.86. The second kappa shape index (κ2) is 10.9. The van der Waals surface area contributed by atoms with Crippen LogP contribution in [0.3, 0.4) is 0 Å². The van der Waals surface area contributed by atoms with E-state index in [2.05, 4.69) is 12.2 Å². The first-order valence-electron chi connectivity index (χ1n) is 12.6. The minimum Gasteiger partial charge on any atom is -0.370 e. The number of hydrogen-bond donors (Lipinski definition) is 1. The van der Waals surface area contributed by atoms with Crippen molar-refractivity contribution in [1.29, 1.82) is 0 Å². The number of nitrogens with zero attached hydrogens (tertiary/aromatic N) is 1. The Morgan fingerprint density at radius 1 is 1.06 bits per heavy atom. The van der Waals surface area contributed by atoms with Crippen molar-refractivity contribution in [2.45, 2.75) is 103 Å². The van der Waals surface area contributed by atoms with E-state index >= 15 is 0 Å². The van der Waals surface area contributed by atoms with Crippen molar-refractivity contribution in [3.63, 3.8) is 0 Å². The van der Waals surface area contributed by atoms with Gasteiger partial charge in [-0.25, -0.2) is 0 Å². The van der Waals surface area contributed by atoms with Crippen molar-refractivity contribution in [1.82, 2.24) is 4.90 Å². The molecule has 5 atom stereocenters. The molecule has 2 amide bonds. The Morgan fingerprint density at radius 3 is 2.33 bits per heavy atom. The van der Waals surface area contributed by atoms with Crippen LogP contribution in [0.25, 0.3) is 0 Å². The van der Waals surface area contributed by atoms with Gasteiger partial charge in [0, 0.05) is 30.7 Å². The molecular formula is C26H40N2O5. The Hall–Kier alpha value is -2.02. The van der Waals surface area contributed by atoms with Crippen LogP contribution in [-0.4, -0.2) is 52.6 Å². The predicted octanol–water partition coefficient (Wildman–Crippen LogP) is 3.34. The monoisotopic (exact) mass is 460 g/mol. The maximum atomic E-state index is 13.6. The summed E-state index contributed by atoms with van der Waals surface area (Å²) in [5.41, 5.74) is 4.95. The van der Waals surface area contributed by atoms with Crippen molar-refractivity contribution >= 4 is 23.4 Å². The summed E-state index contributed by atoms with van der Waals surface area (Å²) in [5, 5.41) is 0. The molecular weight excluding hydrogens is 420 g/mol. The van der Waals surface area contributed by atoms with Gasteiger partial charge >= 0.3 is 0 Å². The standard InChI is InChI=1S/C26H40N2O5/c1-17-12-10-8-6-4-5-7-9-11-13-18(23(30)24(27)31)14-20(29)22-19-15-26(2,3)33-21(19)16-28(22)25(17)32/h4-5,17-19,21-22H,6-16H2,1-3H3,(H2,27,31)/t17-,18+,19-,21?,22-/m0/s1. The van der Waals surface area contributed by atoms with Gasteiger partial charge in [-0.3, -0.25) is 19.2 Å². The van der Waals surface area contributed by atoms with Crippen molar-refractivity contribution < 1.29 is 23.9 Å². The Labute approximate surface area is 197 Å². The summed E-state index contributed by atoms with van der Waals surface area (Å²) in [4.78, 5) is 52.9. The van der Waals surface area contributed by atoms with Crippen LogP contribution in [0.2, 0.25) is 0 Å². The van der Waals surface area contributed by atoms with Gasteiger partial charge in [0.05, 0.1) is 17.7 Å². The Kier molecular flexibility index (Phi) is 8.48. The zero-order valence-electron chi connectivity index (χ0n) is 20.4. The van der Waals surface area contributed by atoms with E-state index < -0.39 is 23.7 Å². The van der Waals surface area contributed by atoms with Crippen molar-refractivity contribution in [3.05, 3.63) is 12.2 Å². The minimum absolute atomic E-state index is 0.0122. The summed E-state index contributed by atoms with van der Waals surface area (Å²) in [5.74, 6) is -2.81. The summed E-state index contributed by atoms with van der Waals surface area (Å²) in [7, 11) is 0. The van der Waals surface area contributed by atoms with Gasteiger partial charge in [0.15, 0.2) is 5.78 Å². The van der Waals surface area contributed by atoms with Crippen LogP contribution in [0.4, 0.5) is 0 Å². The molecule has 3 heterocycles. The van der Waals surface area contributed by atoms with Gasteiger partial charge in [-0.2, -0.15) is 0 Å². The number of carbonyl (C=O) groups is 4. The van der Waals surface area contributed by atoms with Crippen LogP contribution < -0.4 is 5.73 Å². The molecule has 2 saturated heterocycles. The molecule has 3 aliphatic rings. The predicted molar refractivity (Wildman–Crippen MR) is 125 cm³/mol. The van der Waals surface area contributed by atoms with Gasteiger partial charge in [-0.05, 0) is 58.8 Å². The first-order chi connectivity index (χ1) is 15.6. The zero-order chi connectivity index (χ0) is 24.2. The number of nitrogens with two attached hydrogens (primary N) is 1. The fourth-order valence-electron chi connectivity index (χ4n) is 5.81. The lowest BCUT2D eigenvalue weighted by Gasteiger charge is -2.31. The molecule has 0 radical (unpaired) electrons. The molecule has 0 aliphatic carbocycles. The van der Waals surface area contributed by atoms with Crippen LogP contribution in [0.5, 0.6) is 0 Å². The van der Waals surface area contributed by atoms with Crippen LogP contribution >= 0.6 is 0 Å². The number of hydrogen-bond acceptors (Lipinski definition) is 5. The first kappa shape index (κ1) is 25.6. The first-order valence-corrected chi connectivity index (χ1v) is 12.6. The van der Waals surface area contributed by atoms with Crippen LogP contribution in [0, 0.1) is 17.8 Å². The van der Waals surface area contributed by atoms with Crippen molar-refractivity contribution in [2.24, 2.45) is 23.5 Å². The number of ketones is 2. The van der Waals surface area contributed by atoms with Crippen LogP contribution in [-0.2, 0) is 23.9 Å². The van der Waals surface area contributed by atoms with Gasteiger partial charge < -0.3 is 15.4 Å². The zero-order valence-corrected chi connectivity index (χ0v) is 20.4. The molecule has 3 aliphatic heterocycles. The molecule has 2 fully saturated rings. The van der Waals surface area contributed by atoms with E-state index in [-0.39, 0.29) is 41.7 Å². The van der Waals surface area contributed by atoms with Gasteiger partial charge in [-0.15, -0.1) is 0 Å². The van der Waals surface area contributed by atoms with Gasteiger partial charge in [0.1, 0.15) is 0 Å². The summed E-state index contributed by atoms with van der Waals surface area (Å²) in [6, 6.07) is -0.604. The number of rotatable bonds is 2. The van der Waals surface area contributed by atoms with Gasteiger partial charge in [-0.1, -0.05) is 31.9 Å². The quantitative estimate of drug-likeness (QED) is 0.502. The molecule has 33 heavy (non-hydrogen) atoms. The highest BCUT2D eigenvalue weighted by atomic mass is 16.5. The number of carbonyl (C=O) groups excluding carboxylic acids is 4. The maximum absolute atomic E-state index is 13.6. The summed E-state index contributed by atoms with van der Waals surface area (Å²) in [6.07, 6.45) is 11.6. The molecule has 0 aromatic heterocycles. The highest BCUT2D eigenvalue weighted by molar-refractivity contribution is 6.36. The van der Waals surface area contributed by atoms with E-state index in [0.29, 0.717) is 19.4 Å². The van der Waals surface area contributed by atoms with E-state index in [1.807, 2.05) is 20.8 Å². The van der Waals surface area contributed by atoms with Crippen LogP contribution in [0.15, 0.2) is 12.2 Å². The molecule has 184 valence electrons. The summed E-state index contributed by atoms with van der Waals surface area (Å²) < 4.78 is 6.19. The number of ether oxygens (including phenoxy) is 1. The van der Waals surface area contributed by atoms with E-state index in [1.165, 1.54) is 0 Å². The second-order valence-corrected chi connectivity index (χ2v) is 10.8. The molecule has 7 heteroatoms. The average molecular weight is 461 g/mol. The number of amides is 2. The molecule has 1 unspecified atom stereocenters. The number of primary amides is 1. The lowest BCUT2D eigenvalue weighted by molar-refractivity contribution is -0.144. The third kappa shape index (κ3) is 6.31. The van der Waals surface area contributed by atoms with Crippen molar-refractivity contribution in [3.8, 4) is 0 Å². The second-order valence-electron chi connectivity index (χ2n) is 10.8.